The van der Waals surface area contributed by atoms with E-state index in [4.69, 9.17) is 4.52 Å². The van der Waals surface area contributed by atoms with E-state index in [1.165, 1.54) is 6.42 Å². The molecular weight excluding hydrogens is 266 g/mol. The zero-order valence-corrected chi connectivity index (χ0v) is 13.6. The average Bonchev–Trinajstić information content (AvgIpc) is 2.86. The molecule has 1 aliphatic rings. The Balaban J connectivity index is 1.78. The minimum absolute atomic E-state index is 0.148. The molecule has 0 spiro atoms. The van der Waals surface area contributed by atoms with Crippen molar-refractivity contribution in [3.05, 3.63) is 11.7 Å². The predicted molar refractivity (Wildman–Crippen MR) is 81.8 cm³/mol. The van der Waals surface area contributed by atoms with Crippen molar-refractivity contribution in [2.45, 2.75) is 65.0 Å². The third kappa shape index (κ3) is 5.40. The van der Waals surface area contributed by atoms with Gasteiger partial charge in [0.25, 0.3) is 0 Å². The van der Waals surface area contributed by atoms with Crippen LogP contribution in [0.3, 0.4) is 0 Å². The van der Waals surface area contributed by atoms with Crippen LogP contribution in [0.25, 0.3) is 0 Å². The van der Waals surface area contributed by atoms with E-state index in [9.17, 15) is 5.11 Å². The maximum atomic E-state index is 10.0. The Morgan fingerprint density at radius 3 is 2.81 bits per heavy atom. The van der Waals surface area contributed by atoms with Gasteiger partial charge in [0.1, 0.15) is 0 Å². The predicted octanol–water partition coefficient (Wildman–Crippen LogP) is 2.64. The van der Waals surface area contributed by atoms with Gasteiger partial charge in [-0.2, -0.15) is 4.98 Å². The molecule has 1 aromatic rings. The molecule has 5 heteroatoms. The number of hydrogen-bond acceptors (Lipinski definition) is 5. The van der Waals surface area contributed by atoms with E-state index in [1.807, 2.05) is 0 Å². The van der Waals surface area contributed by atoms with Crippen LogP contribution in [0.1, 0.15) is 57.7 Å². The second kappa shape index (κ2) is 7.90. The van der Waals surface area contributed by atoms with Crippen LogP contribution < -0.4 is 0 Å². The normalized spacial score (nSPS) is 23.1. The first-order valence-electron chi connectivity index (χ1n) is 8.22. The number of aromatic nitrogens is 2. The molecule has 1 N–H and O–H groups in total. The Morgan fingerprint density at radius 2 is 2.10 bits per heavy atom. The van der Waals surface area contributed by atoms with Gasteiger partial charge in [0.05, 0.1) is 12.6 Å². The van der Waals surface area contributed by atoms with E-state index in [-0.39, 0.29) is 6.10 Å². The second-order valence-electron chi connectivity index (χ2n) is 6.85. The fourth-order valence-electron chi connectivity index (χ4n) is 2.97. The van der Waals surface area contributed by atoms with Gasteiger partial charge in [-0.3, -0.25) is 4.90 Å². The van der Waals surface area contributed by atoms with E-state index in [2.05, 4.69) is 35.9 Å². The van der Waals surface area contributed by atoms with Gasteiger partial charge in [0, 0.05) is 13.0 Å². The number of aryl methyl sites for hydroxylation is 1. The zero-order chi connectivity index (χ0) is 15.2. The molecule has 120 valence electrons. The fraction of sp³-hybridized carbons (Fsp3) is 0.875. The summed E-state index contributed by atoms with van der Waals surface area (Å²) >= 11 is 0. The standard InChI is InChI=1S/C16H29N3O2/c1-12(2)8-9-15-17-16(21-18-15)11-19(3)10-13-6-4-5-7-14(13)20/h12-14,20H,4-11H2,1-3H3. The van der Waals surface area contributed by atoms with Crippen LogP contribution >= 0.6 is 0 Å². The van der Waals surface area contributed by atoms with Gasteiger partial charge in [0.15, 0.2) is 5.82 Å². The maximum absolute atomic E-state index is 10.0. The van der Waals surface area contributed by atoms with Gasteiger partial charge in [-0.05, 0) is 38.1 Å². The summed E-state index contributed by atoms with van der Waals surface area (Å²) in [5, 5.41) is 14.1. The Kier molecular flexibility index (Phi) is 6.18. The molecule has 2 unspecified atom stereocenters. The van der Waals surface area contributed by atoms with Gasteiger partial charge in [-0.15, -0.1) is 0 Å². The molecule has 0 saturated heterocycles. The number of aliphatic hydroxyl groups excluding tert-OH is 1. The number of nitrogens with zero attached hydrogens (tertiary/aromatic N) is 3. The number of hydrogen-bond donors (Lipinski definition) is 1. The lowest BCUT2D eigenvalue weighted by atomic mass is 9.86. The summed E-state index contributed by atoms with van der Waals surface area (Å²) in [6, 6.07) is 0. The Labute approximate surface area is 127 Å². The highest BCUT2D eigenvalue weighted by Crippen LogP contribution is 2.25. The van der Waals surface area contributed by atoms with Gasteiger partial charge >= 0.3 is 0 Å². The van der Waals surface area contributed by atoms with Crippen LogP contribution in [0.5, 0.6) is 0 Å². The van der Waals surface area contributed by atoms with E-state index >= 15 is 0 Å². The first-order chi connectivity index (χ1) is 10.0. The summed E-state index contributed by atoms with van der Waals surface area (Å²) in [4.78, 5) is 6.63. The number of aliphatic hydroxyl groups is 1. The van der Waals surface area contributed by atoms with E-state index in [0.717, 1.165) is 44.5 Å². The molecule has 1 saturated carbocycles. The Morgan fingerprint density at radius 1 is 1.33 bits per heavy atom. The minimum Gasteiger partial charge on any atom is -0.393 e. The SMILES string of the molecule is CC(C)CCc1noc(CN(C)CC2CCCCC2O)n1. The highest BCUT2D eigenvalue weighted by Gasteiger charge is 2.24. The van der Waals surface area contributed by atoms with Crippen LogP contribution in [0.15, 0.2) is 4.52 Å². The minimum atomic E-state index is -0.148. The molecule has 0 radical (unpaired) electrons. The third-order valence-electron chi connectivity index (χ3n) is 4.28. The first-order valence-corrected chi connectivity index (χ1v) is 8.22. The molecule has 0 bridgehead atoms. The summed E-state index contributed by atoms with van der Waals surface area (Å²) in [7, 11) is 2.05. The molecule has 21 heavy (non-hydrogen) atoms. The van der Waals surface area contributed by atoms with Crippen LogP contribution in [-0.2, 0) is 13.0 Å². The largest absolute Gasteiger partial charge is 0.393 e. The molecule has 2 rings (SSSR count). The van der Waals surface area contributed by atoms with Crippen LogP contribution in [0.4, 0.5) is 0 Å². The lowest BCUT2D eigenvalue weighted by Crippen LogP contribution is -2.34. The monoisotopic (exact) mass is 295 g/mol. The van der Waals surface area contributed by atoms with E-state index < -0.39 is 0 Å². The van der Waals surface area contributed by atoms with Crippen molar-refractivity contribution >= 4 is 0 Å². The molecule has 0 aliphatic heterocycles. The van der Waals surface area contributed by atoms with Gasteiger partial charge in [0.2, 0.25) is 5.89 Å². The average molecular weight is 295 g/mol. The van der Waals surface area contributed by atoms with Crippen LogP contribution in [0, 0.1) is 11.8 Å². The highest BCUT2D eigenvalue weighted by molar-refractivity contribution is 4.87. The molecular formula is C16H29N3O2. The molecule has 1 fully saturated rings. The van der Waals surface area contributed by atoms with E-state index in [0.29, 0.717) is 24.3 Å². The fourth-order valence-corrected chi connectivity index (χ4v) is 2.97. The lowest BCUT2D eigenvalue weighted by molar-refractivity contribution is 0.0484. The number of rotatable bonds is 7. The molecule has 1 aliphatic carbocycles. The van der Waals surface area contributed by atoms with Crippen molar-refractivity contribution in [3.8, 4) is 0 Å². The van der Waals surface area contributed by atoms with Crippen LogP contribution in [0.2, 0.25) is 0 Å². The third-order valence-corrected chi connectivity index (χ3v) is 4.28. The lowest BCUT2D eigenvalue weighted by Gasteiger charge is -2.30. The smallest absolute Gasteiger partial charge is 0.240 e. The summed E-state index contributed by atoms with van der Waals surface area (Å²) in [5.74, 6) is 2.53. The van der Waals surface area contributed by atoms with Crippen molar-refractivity contribution in [1.29, 1.82) is 0 Å². The van der Waals surface area contributed by atoms with Gasteiger partial charge < -0.3 is 9.63 Å². The summed E-state index contributed by atoms with van der Waals surface area (Å²) in [6.07, 6.45) is 6.27. The summed E-state index contributed by atoms with van der Waals surface area (Å²) < 4.78 is 5.32. The maximum Gasteiger partial charge on any atom is 0.240 e. The first kappa shape index (κ1) is 16.4. The summed E-state index contributed by atoms with van der Waals surface area (Å²) in [5.41, 5.74) is 0. The van der Waals surface area contributed by atoms with E-state index in [1.54, 1.807) is 0 Å². The summed E-state index contributed by atoms with van der Waals surface area (Å²) in [6.45, 7) is 5.96. The second-order valence-corrected chi connectivity index (χ2v) is 6.85. The highest BCUT2D eigenvalue weighted by atomic mass is 16.5. The molecule has 5 nitrogen and oxygen atoms in total. The van der Waals surface area contributed by atoms with Crippen molar-refractivity contribution in [2.75, 3.05) is 13.6 Å². The van der Waals surface area contributed by atoms with Crippen molar-refractivity contribution in [2.24, 2.45) is 11.8 Å². The van der Waals surface area contributed by atoms with Crippen LogP contribution in [-0.4, -0.2) is 39.8 Å². The molecule has 0 amide bonds. The topological polar surface area (TPSA) is 62.4 Å². The molecule has 1 heterocycles. The van der Waals surface area contributed by atoms with Crippen molar-refractivity contribution < 1.29 is 9.63 Å². The molecule has 0 aromatic carbocycles. The van der Waals surface area contributed by atoms with Crippen molar-refractivity contribution in [1.82, 2.24) is 15.0 Å². The Bertz CT molecular complexity index is 419. The molecule has 2 atom stereocenters. The Hall–Kier alpha value is -0.940. The quantitative estimate of drug-likeness (QED) is 0.838. The van der Waals surface area contributed by atoms with Crippen molar-refractivity contribution in [3.63, 3.8) is 0 Å². The zero-order valence-electron chi connectivity index (χ0n) is 13.6. The van der Waals surface area contributed by atoms with Gasteiger partial charge in [-0.1, -0.05) is 31.8 Å². The molecule has 1 aromatic heterocycles. The van der Waals surface area contributed by atoms with Gasteiger partial charge in [-0.25, -0.2) is 0 Å².